The summed E-state index contributed by atoms with van der Waals surface area (Å²) in [5.74, 6) is 0.373. The Morgan fingerprint density at radius 1 is 1.43 bits per heavy atom. The lowest BCUT2D eigenvalue weighted by molar-refractivity contribution is -0.125. The molecule has 0 aliphatic heterocycles. The highest BCUT2D eigenvalue weighted by Crippen LogP contribution is 2.19. The fourth-order valence-electron chi connectivity index (χ4n) is 1.90. The monoisotopic (exact) mass is 198 g/mol. The Kier molecular flexibility index (Phi) is 4.39. The van der Waals surface area contributed by atoms with Gasteiger partial charge in [-0.25, -0.2) is 0 Å². The van der Waals surface area contributed by atoms with Crippen LogP contribution in [-0.2, 0) is 4.79 Å². The van der Waals surface area contributed by atoms with Gasteiger partial charge in [0.15, 0.2) is 0 Å². The summed E-state index contributed by atoms with van der Waals surface area (Å²) in [6.45, 7) is 4.04. The molecule has 0 bridgehead atoms. The number of amides is 1. The molecular formula is C11H22N2O. The maximum atomic E-state index is 11.6. The molecule has 0 saturated heterocycles. The summed E-state index contributed by atoms with van der Waals surface area (Å²) >= 11 is 0. The van der Waals surface area contributed by atoms with E-state index >= 15 is 0 Å². The van der Waals surface area contributed by atoms with Crippen molar-refractivity contribution in [2.45, 2.75) is 51.6 Å². The van der Waals surface area contributed by atoms with Crippen LogP contribution in [0.2, 0.25) is 0 Å². The largest absolute Gasteiger partial charge is 0.353 e. The first kappa shape index (κ1) is 11.5. The summed E-state index contributed by atoms with van der Waals surface area (Å²) in [6, 6.07) is 0.992. The van der Waals surface area contributed by atoms with Gasteiger partial charge < -0.3 is 10.6 Å². The highest BCUT2D eigenvalue weighted by Gasteiger charge is 2.25. The number of carbonyl (C=O) groups is 1. The molecule has 0 radical (unpaired) electrons. The Hall–Kier alpha value is -0.570. The van der Waals surface area contributed by atoms with Crippen molar-refractivity contribution in [2.75, 3.05) is 7.05 Å². The zero-order chi connectivity index (χ0) is 10.6. The van der Waals surface area contributed by atoms with Crippen molar-refractivity contribution in [2.24, 2.45) is 5.92 Å². The van der Waals surface area contributed by atoms with Crippen LogP contribution < -0.4 is 10.6 Å². The Balaban J connectivity index is 2.28. The summed E-state index contributed by atoms with van der Waals surface area (Å²) in [4.78, 5) is 11.6. The van der Waals surface area contributed by atoms with Gasteiger partial charge in [0.1, 0.15) is 0 Å². The van der Waals surface area contributed by atoms with E-state index in [1.807, 2.05) is 14.0 Å². The molecule has 1 fully saturated rings. The predicted molar refractivity (Wildman–Crippen MR) is 58.1 cm³/mol. The first-order chi connectivity index (χ1) is 6.67. The smallest absolute Gasteiger partial charge is 0.223 e. The molecule has 82 valence electrons. The van der Waals surface area contributed by atoms with Gasteiger partial charge in [-0.2, -0.15) is 0 Å². The number of rotatable bonds is 4. The Bertz CT molecular complexity index is 194. The minimum Gasteiger partial charge on any atom is -0.353 e. The van der Waals surface area contributed by atoms with Gasteiger partial charge in [0.05, 0.1) is 0 Å². The number of carbonyl (C=O) groups excluding carboxylic acids is 1. The average molecular weight is 198 g/mol. The molecule has 0 aromatic carbocycles. The van der Waals surface area contributed by atoms with Gasteiger partial charge in [0, 0.05) is 18.0 Å². The normalized spacial score (nSPS) is 28.8. The minimum absolute atomic E-state index is 0.156. The number of hydrogen-bond acceptors (Lipinski definition) is 2. The number of hydrogen-bond donors (Lipinski definition) is 2. The molecule has 1 aliphatic carbocycles. The zero-order valence-electron chi connectivity index (χ0n) is 9.47. The molecule has 14 heavy (non-hydrogen) atoms. The standard InChI is InChI=1S/C11H22N2O/c1-4-8(2)11(14)13-10-6-5-9(7-10)12-3/h8-10,12H,4-7H2,1-3H3,(H,13,14). The van der Waals surface area contributed by atoms with Crippen molar-refractivity contribution in [1.29, 1.82) is 0 Å². The fourth-order valence-corrected chi connectivity index (χ4v) is 1.90. The molecule has 2 N–H and O–H groups in total. The summed E-state index contributed by atoms with van der Waals surface area (Å²) in [6.07, 6.45) is 4.31. The van der Waals surface area contributed by atoms with Crippen LogP contribution in [0.1, 0.15) is 39.5 Å². The maximum absolute atomic E-state index is 11.6. The van der Waals surface area contributed by atoms with Gasteiger partial charge in [-0.1, -0.05) is 13.8 Å². The van der Waals surface area contributed by atoms with Crippen molar-refractivity contribution in [3.63, 3.8) is 0 Å². The molecule has 3 atom stereocenters. The minimum atomic E-state index is 0.156. The lowest BCUT2D eigenvalue weighted by Crippen LogP contribution is -2.37. The first-order valence-electron chi connectivity index (χ1n) is 5.65. The molecule has 0 heterocycles. The first-order valence-corrected chi connectivity index (χ1v) is 5.65. The van der Waals surface area contributed by atoms with E-state index in [9.17, 15) is 4.79 Å². The summed E-state index contributed by atoms with van der Waals surface area (Å²) in [5.41, 5.74) is 0. The fraction of sp³-hybridized carbons (Fsp3) is 0.909. The van der Waals surface area contributed by atoms with Gasteiger partial charge in [0.2, 0.25) is 5.91 Å². The molecule has 0 aromatic heterocycles. The lowest BCUT2D eigenvalue weighted by Gasteiger charge is -2.16. The third-order valence-electron chi connectivity index (χ3n) is 3.25. The Morgan fingerprint density at radius 3 is 2.57 bits per heavy atom. The molecule has 3 unspecified atom stereocenters. The van der Waals surface area contributed by atoms with E-state index in [0.29, 0.717) is 12.1 Å². The van der Waals surface area contributed by atoms with E-state index in [1.165, 1.54) is 6.42 Å². The summed E-state index contributed by atoms with van der Waals surface area (Å²) in [7, 11) is 1.99. The van der Waals surface area contributed by atoms with E-state index in [-0.39, 0.29) is 11.8 Å². The van der Waals surface area contributed by atoms with Gasteiger partial charge >= 0.3 is 0 Å². The van der Waals surface area contributed by atoms with Crippen LogP contribution in [0.4, 0.5) is 0 Å². The van der Waals surface area contributed by atoms with Gasteiger partial charge in [0.25, 0.3) is 0 Å². The quantitative estimate of drug-likeness (QED) is 0.714. The molecule has 0 aromatic rings. The van der Waals surface area contributed by atoms with Crippen LogP contribution in [0.15, 0.2) is 0 Å². The van der Waals surface area contributed by atoms with Gasteiger partial charge in [-0.05, 0) is 32.7 Å². The Labute approximate surface area is 86.6 Å². The van der Waals surface area contributed by atoms with E-state index in [0.717, 1.165) is 19.3 Å². The second kappa shape index (κ2) is 5.35. The van der Waals surface area contributed by atoms with E-state index < -0.39 is 0 Å². The SMILES string of the molecule is CCC(C)C(=O)NC1CCC(NC)C1. The van der Waals surface area contributed by atoms with Crippen LogP contribution in [-0.4, -0.2) is 25.0 Å². The molecule has 1 amide bonds. The molecule has 1 saturated carbocycles. The third-order valence-corrected chi connectivity index (χ3v) is 3.25. The lowest BCUT2D eigenvalue weighted by atomic mass is 10.1. The van der Waals surface area contributed by atoms with E-state index in [4.69, 9.17) is 0 Å². The van der Waals surface area contributed by atoms with E-state index in [2.05, 4.69) is 17.6 Å². The molecular weight excluding hydrogens is 176 g/mol. The molecule has 3 nitrogen and oxygen atoms in total. The van der Waals surface area contributed by atoms with Crippen molar-refractivity contribution >= 4 is 5.91 Å². The molecule has 3 heteroatoms. The second-order valence-electron chi connectivity index (χ2n) is 4.31. The highest BCUT2D eigenvalue weighted by molar-refractivity contribution is 5.78. The summed E-state index contributed by atoms with van der Waals surface area (Å²) < 4.78 is 0. The molecule has 1 aliphatic rings. The highest BCUT2D eigenvalue weighted by atomic mass is 16.1. The van der Waals surface area contributed by atoms with Crippen LogP contribution in [0, 0.1) is 5.92 Å². The molecule has 1 rings (SSSR count). The van der Waals surface area contributed by atoms with E-state index in [1.54, 1.807) is 0 Å². The van der Waals surface area contributed by atoms with Gasteiger partial charge in [-0.15, -0.1) is 0 Å². The predicted octanol–water partition coefficient (Wildman–Crippen LogP) is 1.29. The van der Waals surface area contributed by atoms with Crippen molar-refractivity contribution in [3.8, 4) is 0 Å². The average Bonchev–Trinajstić information content (AvgIpc) is 2.64. The van der Waals surface area contributed by atoms with Crippen LogP contribution in [0.5, 0.6) is 0 Å². The number of nitrogens with one attached hydrogen (secondary N) is 2. The van der Waals surface area contributed by atoms with Crippen LogP contribution >= 0.6 is 0 Å². The topological polar surface area (TPSA) is 41.1 Å². The Morgan fingerprint density at radius 2 is 2.07 bits per heavy atom. The zero-order valence-corrected chi connectivity index (χ0v) is 9.47. The maximum Gasteiger partial charge on any atom is 0.223 e. The van der Waals surface area contributed by atoms with Crippen molar-refractivity contribution in [3.05, 3.63) is 0 Å². The van der Waals surface area contributed by atoms with Gasteiger partial charge in [-0.3, -0.25) is 4.79 Å². The van der Waals surface area contributed by atoms with Crippen molar-refractivity contribution < 1.29 is 4.79 Å². The second-order valence-corrected chi connectivity index (χ2v) is 4.31. The summed E-state index contributed by atoms with van der Waals surface area (Å²) in [5, 5.41) is 6.37. The van der Waals surface area contributed by atoms with Crippen molar-refractivity contribution in [1.82, 2.24) is 10.6 Å². The van der Waals surface area contributed by atoms with Crippen LogP contribution in [0.25, 0.3) is 0 Å². The van der Waals surface area contributed by atoms with Crippen LogP contribution in [0.3, 0.4) is 0 Å². The molecule has 0 spiro atoms. The third kappa shape index (κ3) is 2.98.